The molecule has 11 nitrogen and oxygen atoms in total. The van der Waals surface area contributed by atoms with Crippen molar-refractivity contribution in [2.24, 2.45) is 17.6 Å². The van der Waals surface area contributed by atoms with Gasteiger partial charge in [0.15, 0.2) is 0 Å². The summed E-state index contributed by atoms with van der Waals surface area (Å²) in [6.07, 6.45) is 11.1. The van der Waals surface area contributed by atoms with Crippen LogP contribution in [0, 0.1) is 23.5 Å². The van der Waals surface area contributed by atoms with Crippen LogP contribution >= 0.6 is 11.8 Å². The number of thioether (sulfide) groups is 1. The summed E-state index contributed by atoms with van der Waals surface area (Å²) in [6.45, 7) is 5.87. The van der Waals surface area contributed by atoms with Crippen molar-refractivity contribution in [3.63, 3.8) is 0 Å². The van der Waals surface area contributed by atoms with Gasteiger partial charge in [-0.15, -0.1) is 17.0 Å². The number of likely N-dealkylation sites (tertiary alicyclic amines) is 1. The molecule has 1 aliphatic heterocycles. The Hall–Kier alpha value is -3.30. The minimum absolute atomic E-state index is 0.0318. The third-order valence-electron chi connectivity index (χ3n) is 12.6. The Bertz CT molecular complexity index is 2050. The number of rotatable bonds is 27. The standard InChI is InChI=1S/C46H60F2N5O6S.C3H6I.Al/c1-31(2)23-34-25-42(55)53(45(34)57)21-11-5-10-17-41(54)50-39(46(58)59)29-60-30-43(56)52(22-12-20-49)44(33-15-8-4-9-16-33)40-24-35(37-26-36(47)18-19-38(37)48)28-51(40)27-32-13-6-3-7-14-32;1-2-3-4;/h3,6-7,13-14,18-19,24,26,28,33-34,39,44H,4-5,8-12,15-17,20-23,25,27,29-30,49H2,1-2H3,(H,50,54)(H,58,59);1-3H2;/q;-1;/t34?,39-,44+;;/m0../s1. The molecule has 2 aromatic carbocycles. The SMILES string of the molecule is C[C](C)(CC1CC(=O)N(CCCCCC(=O)N[C@@H](CSCC(=O)N(CCCN)[C@@H](c2cc(-c3cc(F)ccc3F)cn2Cc2ccccc2)C2CCCCC2)C(=O)O)C1=O)[Al][CH2]CC[I-]. The molecule has 1 aromatic heterocycles. The van der Waals surface area contributed by atoms with E-state index in [1.54, 1.807) is 0 Å². The van der Waals surface area contributed by atoms with Crippen molar-refractivity contribution >= 4 is 56.6 Å². The van der Waals surface area contributed by atoms with Crippen LogP contribution in [0.3, 0.4) is 0 Å². The number of alkyl halides is 1. The van der Waals surface area contributed by atoms with Gasteiger partial charge in [-0.3, -0.25) is 24.1 Å². The number of unbranched alkanes of at least 4 members (excludes halogenated alkanes) is 2. The monoisotopic (exact) mass is 1040 g/mol. The molecule has 4 N–H and O–H groups in total. The fraction of sp³-hybridized carbons (Fsp3) is 0.571. The van der Waals surface area contributed by atoms with Gasteiger partial charge in [0.25, 0.3) is 0 Å². The number of hydrogen-bond donors (Lipinski definition) is 3. The van der Waals surface area contributed by atoms with Crippen LogP contribution in [0.15, 0.2) is 60.8 Å². The number of imide groups is 1. The normalized spacial score (nSPS) is 16.7. The van der Waals surface area contributed by atoms with E-state index in [2.05, 4.69) is 41.8 Å². The highest BCUT2D eigenvalue weighted by atomic mass is 127. The average molecular weight is 1050 g/mol. The summed E-state index contributed by atoms with van der Waals surface area (Å²) < 4.78 is 33.0. The number of carbonyl (C=O) groups is 5. The van der Waals surface area contributed by atoms with Gasteiger partial charge in [0, 0.05) is 67.2 Å². The lowest BCUT2D eigenvalue weighted by atomic mass is 9.81. The van der Waals surface area contributed by atoms with Crippen LogP contribution in [0.1, 0.15) is 115 Å². The third-order valence-corrected chi connectivity index (χ3v) is 16.4. The second-order valence-electron chi connectivity index (χ2n) is 18.3. The molecule has 1 aliphatic carbocycles. The second-order valence-corrected chi connectivity index (χ2v) is 22.9. The molecule has 1 saturated heterocycles. The maximum Gasteiger partial charge on any atom is 0.327 e. The molecule has 1 saturated carbocycles. The number of carbonyl (C=O) groups excluding carboxylic acids is 4. The van der Waals surface area contributed by atoms with Crippen molar-refractivity contribution in [1.82, 2.24) is 19.7 Å². The minimum atomic E-state index is -1.22. The van der Waals surface area contributed by atoms with E-state index in [1.165, 1.54) is 22.7 Å². The Balaban J connectivity index is 1.20. The molecule has 1 unspecified atom stereocenters. The van der Waals surface area contributed by atoms with E-state index in [0.717, 1.165) is 78.1 Å². The van der Waals surface area contributed by atoms with Crippen LogP contribution < -0.4 is 33.6 Å². The van der Waals surface area contributed by atoms with Crippen LogP contribution in [0.25, 0.3) is 11.1 Å². The van der Waals surface area contributed by atoms with Gasteiger partial charge in [-0.1, -0.05) is 80.6 Å². The molecule has 0 bridgehead atoms. The van der Waals surface area contributed by atoms with Crippen LogP contribution in [0.2, 0.25) is 9.56 Å². The molecule has 3 aromatic rings. The number of nitrogens with one attached hydrogen (secondary N) is 1. The van der Waals surface area contributed by atoms with E-state index >= 15 is 4.39 Å². The van der Waals surface area contributed by atoms with E-state index in [9.17, 15) is 33.5 Å². The van der Waals surface area contributed by atoms with Crippen molar-refractivity contribution in [3.05, 3.63) is 83.7 Å². The molecule has 2 fully saturated rings. The Morgan fingerprint density at radius 1 is 1.02 bits per heavy atom. The maximum absolute atomic E-state index is 15.3. The quantitative estimate of drug-likeness (QED) is 0.0311. The van der Waals surface area contributed by atoms with E-state index in [4.69, 9.17) is 5.73 Å². The lowest BCUT2D eigenvalue weighted by molar-refractivity contribution is -0.367. The van der Waals surface area contributed by atoms with E-state index in [1.807, 2.05) is 52.1 Å². The van der Waals surface area contributed by atoms with Crippen molar-refractivity contribution in [2.75, 3.05) is 35.6 Å². The molecule has 2 heterocycles. The predicted molar refractivity (Wildman–Crippen MR) is 249 cm³/mol. The molecule has 5 rings (SSSR count). The summed E-state index contributed by atoms with van der Waals surface area (Å²) in [5.74, 6) is -3.40. The zero-order chi connectivity index (χ0) is 46.9. The van der Waals surface area contributed by atoms with Gasteiger partial charge in [-0.05, 0) is 80.8 Å². The minimum Gasteiger partial charge on any atom is -0.797 e. The molecule has 65 heavy (non-hydrogen) atoms. The van der Waals surface area contributed by atoms with Gasteiger partial charge in [-0.25, -0.2) is 13.6 Å². The number of carboxylic acids is 1. The third kappa shape index (κ3) is 15.9. The molecular weight excluding hydrogens is 979 g/mol. The van der Waals surface area contributed by atoms with Gasteiger partial charge in [0.2, 0.25) is 38.8 Å². The first-order chi connectivity index (χ1) is 31.2. The van der Waals surface area contributed by atoms with Crippen LogP contribution in [0.5, 0.6) is 0 Å². The second kappa shape index (κ2) is 26.3. The summed E-state index contributed by atoms with van der Waals surface area (Å²) >= 11 is 3.72. The Labute approximate surface area is 407 Å². The summed E-state index contributed by atoms with van der Waals surface area (Å²) in [7, 11) is 0. The highest BCUT2D eigenvalue weighted by Crippen LogP contribution is 2.42. The molecule has 354 valence electrons. The number of hydrogen-bond acceptors (Lipinski definition) is 7. The van der Waals surface area contributed by atoms with Gasteiger partial charge in [-0.2, -0.15) is 4.43 Å². The van der Waals surface area contributed by atoms with E-state index in [0.29, 0.717) is 57.4 Å². The topological polar surface area (TPSA) is 155 Å². The smallest absolute Gasteiger partial charge is 0.327 e. The highest BCUT2D eigenvalue weighted by Gasteiger charge is 2.41. The number of benzene rings is 2. The summed E-state index contributed by atoms with van der Waals surface area (Å²) in [6, 6.07) is 13.5. The number of amides is 4. The first-order valence-corrected chi connectivity index (χ1v) is 27.3. The first kappa shape index (κ1) is 52.7. The number of aliphatic carboxylic acids is 1. The molecular formula is C49H66AlF2IN5O6S-. The van der Waals surface area contributed by atoms with Gasteiger partial charge < -0.3 is 48.2 Å². The van der Waals surface area contributed by atoms with Crippen molar-refractivity contribution in [3.8, 4) is 11.1 Å². The largest absolute Gasteiger partial charge is 0.797 e. The van der Waals surface area contributed by atoms with E-state index in [-0.39, 0.29) is 79.0 Å². The molecule has 2 aliphatic rings. The summed E-state index contributed by atoms with van der Waals surface area (Å²) in [4.78, 5) is 68.9. The number of carboxylic acid groups (broad SMARTS) is 1. The number of aromatic nitrogens is 1. The molecule has 0 spiro atoms. The Morgan fingerprint density at radius 3 is 2.48 bits per heavy atom. The zero-order valence-electron chi connectivity index (χ0n) is 38.0. The van der Waals surface area contributed by atoms with Gasteiger partial charge in [0.1, 0.15) is 17.7 Å². The zero-order valence-corrected chi connectivity index (χ0v) is 42.1. The van der Waals surface area contributed by atoms with Crippen molar-refractivity contribution in [2.45, 2.75) is 126 Å². The summed E-state index contributed by atoms with van der Waals surface area (Å²) in [5.41, 5.74) is 8.49. The van der Waals surface area contributed by atoms with Gasteiger partial charge >= 0.3 is 5.97 Å². The lowest BCUT2D eigenvalue weighted by Gasteiger charge is -2.39. The maximum atomic E-state index is 15.3. The van der Waals surface area contributed by atoms with Gasteiger partial charge in [0.05, 0.1) is 11.8 Å². The van der Waals surface area contributed by atoms with Crippen LogP contribution in [-0.2, 0) is 30.5 Å². The van der Waals surface area contributed by atoms with Crippen LogP contribution in [0.4, 0.5) is 8.78 Å². The van der Waals surface area contributed by atoms with Crippen molar-refractivity contribution in [1.29, 1.82) is 0 Å². The average Bonchev–Trinajstić information content (AvgIpc) is 3.80. The molecule has 16 heteroatoms. The molecule has 3 atom stereocenters. The molecule has 2 radical (unpaired) electrons. The Kier molecular flexibility index (Phi) is 21.3. The number of nitrogens with zero attached hydrogens (tertiary/aromatic N) is 3. The Morgan fingerprint density at radius 2 is 1.77 bits per heavy atom. The molecule has 4 amide bonds. The van der Waals surface area contributed by atoms with Crippen LogP contribution in [-0.4, -0.2) is 106 Å². The summed E-state index contributed by atoms with van der Waals surface area (Å²) in [5, 5.41) is 13.9. The van der Waals surface area contributed by atoms with Crippen molar-refractivity contribution < 1.29 is 60.5 Å². The predicted octanol–water partition coefficient (Wildman–Crippen LogP) is 5.17. The fourth-order valence-corrected chi connectivity index (χ4v) is 13.1. The fourth-order valence-electron chi connectivity index (χ4n) is 9.30. The number of nitrogens with two attached hydrogens (primary N) is 1. The first-order valence-electron chi connectivity index (χ1n) is 23.2. The van der Waals surface area contributed by atoms with E-state index < -0.39 is 35.6 Å². The lowest BCUT2D eigenvalue weighted by Crippen LogP contribution is -3.35. The highest BCUT2D eigenvalue weighted by molar-refractivity contribution is 8.00. The number of halogens is 3.